The smallest absolute Gasteiger partial charge is 0.201 e. The van der Waals surface area contributed by atoms with E-state index in [9.17, 15) is 13.5 Å². The first kappa shape index (κ1) is 19.2. The van der Waals surface area contributed by atoms with E-state index < -0.39 is 17.0 Å². The van der Waals surface area contributed by atoms with Gasteiger partial charge in [-0.15, -0.1) is 0 Å². The van der Waals surface area contributed by atoms with Crippen LogP contribution in [-0.2, 0) is 10.9 Å². The number of nitrogens with one attached hydrogen (secondary N) is 2. The maximum absolute atomic E-state index is 10.6. The summed E-state index contributed by atoms with van der Waals surface area (Å²) >= 11 is 0. The van der Waals surface area contributed by atoms with E-state index in [-0.39, 0.29) is 0 Å². The molecule has 4 rings (SSSR count). The van der Waals surface area contributed by atoms with Gasteiger partial charge in [0.1, 0.15) is 22.8 Å². The molecule has 152 valence electrons. The van der Waals surface area contributed by atoms with Crippen molar-refractivity contribution in [3.05, 3.63) is 24.3 Å². The van der Waals surface area contributed by atoms with Gasteiger partial charge in [-0.2, -0.15) is 0 Å². The topological polar surface area (TPSA) is 116 Å². The number of hydrogen-bond donors (Lipinski definition) is 4. The summed E-state index contributed by atoms with van der Waals surface area (Å²) in [6.45, 7) is 3.98. The van der Waals surface area contributed by atoms with Gasteiger partial charge in [0.15, 0.2) is 5.82 Å². The Morgan fingerprint density at radius 1 is 1.39 bits per heavy atom. The second-order valence-corrected chi connectivity index (χ2v) is 8.22. The molecule has 1 aliphatic rings. The summed E-state index contributed by atoms with van der Waals surface area (Å²) < 4.78 is 25.7. The number of aliphatic hydroxyl groups excluding tert-OH is 1. The molecule has 0 bridgehead atoms. The molecule has 1 aliphatic heterocycles. The summed E-state index contributed by atoms with van der Waals surface area (Å²) in [6, 6.07) is 2.00. The molecule has 0 aromatic carbocycles. The van der Waals surface area contributed by atoms with Crippen molar-refractivity contribution in [1.29, 1.82) is 0 Å². The van der Waals surface area contributed by atoms with Crippen molar-refractivity contribution >= 4 is 33.0 Å². The minimum Gasteiger partial charge on any atom is -0.385 e. The summed E-state index contributed by atoms with van der Waals surface area (Å²) in [5.41, 5.74) is 2.57. The number of pyridine rings is 1. The van der Waals surface area contributed by atoms with Gasteiger partial charge in [-0.05, 0) is 44.6 Å². The van der Waals surface area contributed by atoms with Gasteiger partial charge in [0.2, 0.25) is 10.9 Å². The van der Waals surface area contributed by atoms with Crippen LogP contribution in [0.4, 0.5) is 0 Å². The molecule has 10 heteroatoms. The highest BCUT2D eigenvalue weighted by molar-refractivity contribution is 7.70. The highest BCUT2D eigenvalue weighted by Gasteiger charge is 2.25. The Balaban J connectivity index is 1.54. The third-order valence-electron chi connectivity index (χ3n) is 5.48. The lowest BCUT2D eigenvalue weighted by Crippen LogP contribution is -2.42. The molecule has 3 N–H and O–H groups in total. The number of hydrogen-bond acceptors (Lipinski definition) is 6. The Morgan fingerprint density at radius 2 is 2.18 bits per heavy atom. The first-order chi connectivity index (χ1) is 13.5. The van der Waals surface area contributed by atoms with Gasteiger partial charge in [-0.1, -0.05) is 0 Å². The van der Waals surface area contributed by atoms with E-state index in [0.717, 1.165) is 60.8 Å². The maximum Gasteiger partial charge on any atom is 0.201 e. The molecule has 1 saturated heterocycles. The molecular formula is C18H26N6O3S. The van der Waals surface area contributed by atoms with Gasteiger partial charge in [0.25, 0.3) is 0 Å². The molecule has 0 radical (unpaired) electrons. The quantitative estimate of drug-likeness (QED) is 0.346. The fourth-order valence-electron chi connectivity index (χ4n) is 4.10. The second-order valence-electron chi connectivity index (χ2n) is 7.39. The summed E-state index contributed by atoms with van der Waals surface area (Å²) in [5.74, 6) is 1.22. The Bertz CT molecular complexity index is 1020. The van der Waals surface area contributed by atoms with E-state index in [4.69, 9.17) is 0 Å². The van der Waals surface area contributed by atoms with Crippen molar-refractivity contribution in [3.8, 4) is 0 Å². The Hall–Kier alpha value is -2.17. The molecule has 28 heavy (non-hydrogen) atoms. The van der Waals surface area contributed by atoms with Gasteiger partial charge < -0.3 is 15.1 Å². The van der Waals surface area contributed by atoms with Gasteiger partial charge in [-0.3, -0.25) is 0 Å². The van der Waals surface area contributed by atoms with Crippen LogP contribution in [0.1, 0.15) is 44.5 Å². The van der Waals surface area contributed by atoms with Crippen molar-refractivity contribution in [2.24, 2.45) is 5.92 Å². The zero-order valence-electron chi connectivity index (χ0n) is 15.8. The van der Waals surface area contributed by atoms with Crippen LogP contribution in [0.15, 0.2) is 18.5 Å². The van der Waals surface area contributed by atoms with Crippen molar-refractivity contribution < 1.29 is 13.5 Å². The third-order valence-corrected chi connectivity index (χ3v) is 5.96. The summed E-state index contributed by atoms with van der Waals surface area (Å²) in [7, 11) is -2.50. The number of fused-ring (bicyclic) bond motifs is 3. The fourth-order valence-corrected chi connectivity index (χ4v) is 4.44. The lowest BCUT2D eigenvalue weighted by molar-refractivity contribution is 0.182. The molecule has 3 aromatic heterocycles. The first-order valence-corrected chi connectivity index (χ1v) is 10.9. The zero-order chi connectivity index (χ0) is 19.7. The molecule has 0 aliphatic carbocycles. The number of thiol groups is 1. The Kier molecular flexibility index (Phi) is 5.51. The normalized spacial score (nSPS) is 17.2. The fraction of sp³-hybridized carbons (Fsp3) is 0.556. The molecule has 1 fully saturated rings. The van der Waals surface area contributed by atoms with Crippen LogP contribution < -0.4 is 9.73 Å². The van der Waals surface area contributed by atoms with Crippen LogP contribution >= 0.6 is 0 Å². The summed E-state index contributed by atoms with van der Waals surface area (Å²) in [5, 5.41) is 13.6. The van der Waals surface area contributed by atoms with Gasteiger partial charge in [-0.25, -0.2) is 27.8 Å². The predicted octanol–water partition coefficient (Wildman–Crippen LogP) is 1.21. The largest absolute Gasteiger partial charge is 0.385 e. The van der Waals surface area contributed by atoms with Gasteiger partial charge in [0.05, 0.1) is 6.20 Å². The number of rotatable bonds is 7. The number of aliphatic hydroxyl groups is 1. The molecule has 9 nitrogen and oxygen atoms in total. The molecular weight excluding hydrogens is 380 g/mol. The first-order valence-electron chi connectivity index (χ1n) is 9.70. The van der Waals surface area contributed by atoms with E-state index in [2.05, 4.69) is 29.4 Å². The molecule has 0 saturated carbocycles. The summed E-state index contributed by atoms with van der Waals surface area (Å²) in [6.07, 6.45) is 6.87. The van der Waals surface area contributed by atoms with Crippen molar-refractivity contribution in [2.45, 2.75) is 38.7 Å². The van der Waals surface area contributed by atoms with E-state index in [0.29, 0.717) is 18.3 Å². The number of imidazole rings is 1. The van der Waals surface area contributed by atoms with Crippen LogP contribution in [0.2, 0.25) is 0 Å². The molecule has 0 spiro atoms. The van der Waals surface area contributed by atoms with Crippen molar-refractivity contribution in [2.75, 3.05) is 24.6 Å². The highest BCUT2D eigenvalue weighted by atomic mass is 32.2. The minimum absolute atomic E-state index is 0.510. The number of nitrogens with zero attached hydrogens (tertiary/aromatic N) is 4. The van der Waals surface area contributed by atoms with Crippen molar-refractivity contribution in [3.63, 3.8) is 0 Å². The van der Waals surface area contributed by atoms with Crippen LogP contribution in [0, 0.1) is 5.92 Å². The average molecular weight is 407 g/mol. The lowest BCUT2D eigenvalue weighted by atomic mass is 9.93. The number of H-pyrrole nitrogens is 1. The van der Waals surface area contributed by atoms with Gasteiger partial charge >= 0.3 is 0 Å². The molecule has 3 aromatic rings. The summed E-state index contributed by atoms with van der Waals surface area (Å²) in [4.78, 5) is 12.2. The number of piperidine rings is 1. The Morgan fingerprint density at radius 3 is 2.89 bits per heavy atom. The number of aromatic nitrogens is 4. The molecule has 0 unspecified atom stereocenters. The average Bonchev–Trinajstić information content (AvgIpc) is 3.29. The van der Waals surface area contributed by atoms with Crippen LogP contribution in [0.25, 0.3) is 22.1 Å². The molecule has 1 atom stereocenters. The lowest BCUT2D eigenvalue weighted by Gasteiger charge is -2.35. The van der Waals surface area contributed by atoms with Crippen LogP contribution in [-0.4, -0.2) is 52.8 Å². The van der Waals surface area contributed by atoms with E-state index in [1.807, 2.05) is 12.3 Å². The van der Waals surface area contributed by atoms with E-state index >= 15 is 0 Å². The predicted molar refractivity (Wildman–Crippen MR) is 108 cm³/mol. The van der Waals surface area contributed by atoms with Crippen molar-refractivity contribution in [1.82, 2.24) is 24.4 Å². The highest BCUT2D eigenvalue weighted by Crippen LogP contribution is 2.29. The number of aromatic amines is 1. The minimum atomic E-state index is -2.50. The third kappa shape index (κ3) is 3.71. The molecule has 4 heterocycles. The Labute approximate surface area is 164 Å². The standard InChI is InChI=1S/C18H26N6O3S/c1-12(25)18-22-15-11-20-17-14(4-8-19-17)16(15)24(18)23-9-5-13(6-10-23)3-2-7-21-28(26)27/h4,8,11-13,25,28H,2-3,5-7,9-10H2,1H3,(H,19,20)(H,21,26,27)/t12-/m1/s1. The molecule has 0 amide bonds. The zero-order valence-corrected chi connectivity index (χ0v) is 16.7. The maximum atomic E-state index is 10.6. The van der Waals surface area contributed by atoms with E-state index in [1.165, 1.54) is 0 Å². The van der Waals surface area contributed by atoms with Gasteiger partial charge in [0, 0.05) is 31.2 Å². The monoisotopic (exact) mass is 406 g/mol. The van der Waals surface area contributed by atoms with E-state index in [1.54, 1.807) is 13.1 Å². The van der Waals surface area contributed by atoms with Crippen LogP contribution in [0.5, 0.6) is 0 Å². The van der Waals surface area contributed by atoms with Crippen LogP contribution in [0.3, 0.4) is 0 Å². The second kappa shape index (κ2) is 8.06. The SMILES string of the molecule is C[C@@H](O)c1nc2cnc3[nH]ccc3c2n1N1CCC(CCCN[SH](=O)=O)CC1.